The van der Waals surface area contributed by atoms with Crippen molar-refractivity contribution < 1.29 is 41.1 Å². The molecule has 10 heteroatoms. The van der Waals surface area contributed by atoms with Crippen LogP contribution in [0.1, 0.15) is 0 Å². The smallest absolute Gasteiger partial charge is 0.196 e. The molecule has 0 amide bonds. The van der Waals surface area contributed by atoms with Gasteiger partial charge in [0.1, 0.15) is 10.7 Å². The summed E-state index contributed by atoms with van der Waals surface area (Å²) in [5.41, 5.74) is 0. The minimum absolute atomic E-state index is 0. The van der Waals surface area contributed by atoms with Crippen LogP contribution in [0.5, 0.6) is 0 Å². The second-order valence-electron chi connectivity index (χ2n) is 1.80. The van der Waals surface area contributed by atoms with Crippen LogP contribution in [0.3, 0.4) is 0 Å². The van der Waals surface area contributed by atoms with Crippen LogP contribution in [0, 0.1) is 23.3 Å². The SMILES string of the molecule is F.F.F.F.F.Fc1cc(F)c([S])c(F)c1F. The fourth-order valence-electron chi connectivity index (χ4n) is 0.550. The molecule has 0 saturated carbocycles. The van der Waals surface area contributed by atoms with Crippen molar-refractivity contribution in [3.05, 3.63) is 29.3 Å². The lowest BCUT2D eigenvalue weighted by Gasteiger charge is -1.97. The Labute approximate surface area is 88.9 Å². The molecule has 1 radical (unpaired) electrons. The highest BCUT2D eigenvalue weighted by Gasteiger charge is 2.16. The van der Waals surface area contributed by atoms with Crippen LogP contribution in [-0.2, 0) is 0 Å². The average Bonchev–Trinajstić information content (AvgIpc) is 1.97. The van der Waals surface area contributed by atoms with Crippen LogP contribution in [0.25, 0.3) is 0 Å². The first-order valence-corrected chi connectivity index (χ1v) is 2.95. The Morgan fingerprint density at radius 3 is 1.44 bits per heavy atom. The molecule has 1 rings (SSSR count). The first kappa shape index (κ1) is 29.3. The molecular weight excluding hydrogens is 275 g/mol. The third-order valence-electron chi connectivity index (χ3n) is 1.07. The maximum Gasteiger partial charge on any atom is 0.196 e. The van der Waals surface area contributed by atoms with Crippen LogP contribution >= 0.6 is 12.6 Å². The summed E-state index contributed by atoms with van der Waals surface area (Å²) in [5.74, 6) is -6.24. The third-order valence-corrected chi connectivity index (χ3v) is 1.45. The molecule has 0 aliphatic carbocycles. The molecule has 16 heavy (non-hydrogen) atoms. The Morgan fingerprint density at radius 1 is 0.688 bits per heavy atom. The zero-order chi connectivity index (χ0) is 8.59. The largest absolute Gasteiger partial charge is 0.269 e. The van der Waals surface area contributed by atoms with Crippen LogP contribution in [0.2, 0.25) is 0 Å². The Balaban J connectivity index is -0.0000000807. The summed E-state index contributed by atoms with van der Waals surface area (Å²) in [7, 11) is 0. The van der Waals surface area contributed by atoms with E-state index in [4.69, 9.17) is 0 Å². The highest BCUT2D eigenvalue weighted by Crippen LogP contribution is 2.21. The molecule has 0 heterocycles. The molecule has 0 N–H and O–H groups in total. The molecule has 1 aromatic rings. The summed E-state index contributed by atoms with van der Waals surface area (Å²) in [4.78, 5) is -0.927. The lowest BCUT2D eigenvalue weighted by atomic mass is 10.3. The number of rotatable bonds is 0. The minimum atomic E-state index is -1.74. The fourth-order valence-corrected chi connectivity index (χ4v) is 0.698. The van der Waals surface area contributed by atoms with Crippen molar-refractivity contribution in [3.8, 4) is 0 Å². The number of halogens is 9. The van der Waals surface area contributed by atoms with E-state index in [2.05, 4.69) is 12.6 Å². The molecule has 0 unspecified atom stereocenters. The molecule has 0 aliphatic heterocycles. The lowest BCUT2D eigenvalue weighted by molar-refractivity contribution is 0.416. The monoisotopic (exact) mass is 281 g/mol. The average molecular weight is 281 g/mol. The minimum Gasteiger partial charge on any atom is -0.269 e. The molecule has 99 valence electrons. The van der Waals surface area contributed by atoms with E-state index in [1.165, 1.54) is 0 Å². The maximum absolute atomic E-state index is 12.3. The van der Waals surface area contributed by atoms with Crippen LogP contribution in [0.4, 0.5) is 41.1 Å². The Morgan fingerprint density at radius 2 is 1.06 bits per heavy atom. The van der Waals surface area contributed by atoms with Crippen molar-refractivity contribution in [2.75, 3.05) is 0 Å². The van der Waals surface area contributed by atoms with Crippen molar-refractivity contribution in [3.63, 3.8) is 0 Å². The number of hydrogen-bond donors (Lipinski definition) is 0. The van der Waals surface area contributed by atoms with E-state index in [9.17, 15) is 17.6 Å². The third kappa shape index (κ3) is 5.05. The zero-order valence-electron chi connectivity index (χ0n) is 7.04. The molecule has 0 aromatic heterocycles. The van der Waals surface area contributed by atoms with E-state index in [1.54, 1.807) is 0 Å². The van der Waals surface area contributed by atoms with Gasteiger partial charge in [-0.05, 0) is 0 Å². The van der Waals surface area contributed by atoms with Gasteiger partial charge in [-0.25, -0.2) is 17.6 Å². The fraction of sp³-hybridized carbons (Fsp3) is 0. The Bertz CT molecular complexity index is 276. The lowest BCUT2D eigenvalue weighted by Crippen LogP contribution is -1.94. The van der Waals surface area contributed by atoms with Gasteiger partial charge in [0.05, 0.1) is 0 Å². The van der Waals surface area contributed by atoms with Crippen molar-refractivity contribution >= 4 is 12.6 Å². The van der Waals surface area contributed by atoms with E-state index >= 15 is 0 Å². The predicted molar refractivity (Wildman–Crippen MR) is 44.6 cm³/mol. The van der Waals surface area contributed by atoms with Crippen LogP contribution in [0.15, 0.2) is 11.0 Å². The van der Waals surface area contributed by atoms with Gasteiger partial charge in [-0.1, -0.05) is 12.6 Å². The summed E-state index contributed by atoms with van der Waals surface area (Å²) in [6.45, 7) is 0. The second kappa shape index (κ2) is 10.3. The molecule has 0 aliphatic rings. The first-order valence-electron chi connectivity index (χ1n) is 2.54. The normalized spacial score (nSPS) is 7.00. The molecule has 1 aromatic carbocycles. The summed E-state index contributed by atoms with van der Waals surface area (Å²) in [6.07, 6.45) is 0. The highest BCUT2D eigenvalue weighted by molar-refractivity contribution is 7.80. The van der Waals surface area contributed by atoms with Crippen LogP contribution in [-0.4, -0.2) is 0 Å². The van der Waals surface area contributed by atoms with Gasteiger partial charge in [-0.3, -0.25) is 23.5 Å². The summed E-state index contributed by atoms with van der Waals surface area (Å²) in [6, 6.07) is 0.209. The van der Waals surface area contributed by atoms with Gasteiger partial charge < -0.3 is 0 Å². The van der Waals surface area contributed by atoms with E-state index in [0.717, 1.165) is 0 Å². The van der Waals surface area contributed by atoms with Crippen molar-refractivity contribution in [2.45, 2.75) is 4.90 Å². The maximum atomic E-state index is 12.3. The molecule has 0 atom stereocenters. The van der Waals surface area contributed by atoms with Gasteiger partial charge in [0, 0.05) is 6.07 Å². The summed E-state index contributed by atoms with van der Waals surface area (Å²) >= 11 is 4.08. The molecule has 0 nitrogen and oxygen atoms in total. The second-order valence-corrected chi connectivity index (χ2v) is 2.21. The van der Waals surface area contributed by atoms with E-state index < -0.39 is 28.2 Å². The van der Waals surface area contributed by atoms with Gasteiger partial charge >= 0.3 is 0 Å². The molecule has 0 fully saturated rings. The van der Waals surface area contributed by atoms with Crippen molar-refractivity contribution in [1.29, 1.82) is 0 Å². The number of benzene rings is 1. The highest BCUT2D eigenvalue weighted by atomic mass is 32.1. The Kier molecular flexibility index (Phi) is 19.0. The summed E-state index contributed by atoms with van der Waals surface area (Å²) < 4.78 is 48.9. The Hall–Kier alpha value is -1.19. The van der Waals surface area contributed by atoms with E-state index in [-0.39, 0.29) is 29.6 Å². The molecular formula is C6H6F9S. The van der Waals surface area contributed by atoms with Gasteiger partial charge in [-0.15, -0.1) is 0 Å². The molecule has 0 bridgehead atoms. The predicted octanol–water partition coefficient (Wildman–Crippen LogP) is 3.56. The first-order chi connectivity index (χ1) is 5.04. The van der Waals surface area contributed by atoms with E-state index in [0.29, 0.717) is 0 Å². The number of hydrogen-bond acceptors (Lipinski definition) is 0. The van der Waals surface area contributed by atoms with E-state index in [1.807, 2.05) is 0 Å². The van der Waals surface area contributed by atoms with Gasteiger partial charge in [0.2, 0.25) is 0 Å². The quantitative estimate of drug-likeness (QED) is 0.387. The molecule has 0 saturated heterocycles. The van der Waals surface area contributed by atoms with Crippen LogP contribution < -0.4 is 0 Å². The van der Waals surface area contributed by atoms with Gasteiger partial charge in [0.25, 0.3) is 0 Å². The van der Waals surface area contributed by atoms with Gasteiger partial charge in [0.15, 0.2) is 17.5 Å². The molecule has 0 spiro atoms. The van der Waals surface area contributed by atoms with Crippen molar-refractivity contribution in [2.24, 2.45) is 0 Å². The zero-order valence-corrected chi connectivity index (χ0v) is 7.86. The van der Waals surface area contributed by atoms with Gasteiger partial charge in [-0.2, -0.15) is 0 Å². The standard InChI is InChI=1S/C6HF4S.5FH/c7-2-1-3(8)6(11)5(10)4(2)9;;;;;/h1H;5*1H. The summed E-state index contributed by atoms with van der Waals surface area (Å²) in [5, 5.41) is 0. The van der Waals surface area contributed by atoms with Crippen molar-refractivity contribution in [1.82, 2.24) is 0 Å². The topological polar surface area (TPSA) is 0 Å².